The fraction of sp³-hybridized carbons (Fsp3) is 0.429. The van der Waals surface area contributed by atoms with Crippen LogP contribution in [0.1, 0.15) is 11.1 Å². The van der Waals surface area contributed by atoms with Crippen LogP contribution in [0.3, 0.4) is 0 Å². The zero-order chi connectivity index (χ0) is 19.8. The Kier molecular flexibility index (Phi) is 7.91. The van der Waals surface area contributed by atoms with Crippen LogP contribution in [-0.2, 0) is 13.2 Å². The fourth-order valence-corrected chi connectivity index (χ4v) is 3.45. The zero-order valence-electron chi connectivity index (χ0n) is 16.1. The van der Waals surface area contributed by atoms with Crippen LogP contribution >= 0.6 is 11.6 Å². The molecule has 0 saturated carbocycles. The van der Waals surface area contributed by atoms with E-state index in [9.17, 15) is 4.39 Å². The van der Waals surface area contributed by atoms with Crippen molar-refractivity contribution in [3.05, 3.63) is 58.4 Å². The van der Waals surface area contributed by atoms with E-state index in [1.165, 1.54) is 6.07 Å². The summed E-state index contributed by atoms with van der Waals surface area (Å²) in [5.41, 5.74) is 1.31. The van der Waals surface area contributed by atoms with Gasteiger partial charge in [-0.05, 0) is 18.2 Å². The van der Waals surface area contributed by atoms with E-state index in [1.54, 1.807) is 19.2 Å². The lowest BCUT2D eigenvalue weighted by Gasteiger charge is -2.27. The molecule has 3 rings (SSSR count). The van der Waals surface area contributed by atoms with E-state index < -0.39 is 0 Å². The Morgan fingerprint density at radius 1 is 1.18 bits per heavy atom. The van der Waals surface area contributed by atoms with Crippen molar-refractivity contribution in [3.63, 3.8) is 0 Å². The first-order valence-corrected chi connectivity index (χ1v) is 9.92. The molecule has 2 aromatic carbocycles. The van der Waals surface area contributed by atoms with Gasteiger partial charge in [-0.15, -0.1) is 0 Å². The molecular weight excluding hydrogens is 381 g/mol. The van der Waals surface area contributed by atoms with Crippen molar-refractivity contribution in [2.75, 3.05) is 46.4 Å². The quantitative estimate of drug-likeness (QED) is 0.625. The van der Waals surface area contributed by atoms with E-state index in [2.05, 4.69) is 15.5 Å². The van der Waals surface area contributed by atoms with E-state index >= 15 is 0 Å². The second kappa shape index (κ2) is 10.6. The Morgan fingerprint density at radius 2 is 1.96 bits per heavy atom. The first-order valence-electron chi connectivity index (χ1n) is 9.54. The molecule has 0 bridgehead atoms. The highest BCUT2D eigenvalue weighted by molar-refractivity contribution is 6.31. The molecule has 0 unspecified atom stereocenters. The number of piperazine rings is 1. The first-order chi connectivity index (χ1) is 13.7. The van der Waals surface area contributed by atoms with Crippen LogP contribution in [0.25, 0.3) is 0 Å². The molecule has 0 aromatic heterocycles. The number of benzene rings is 2. The topological polar surface area (TPSA) is 45.8 Å². The van der Waals surface area contributed by atoms with Crippen molar-refractivity contribution in [1.82, 2.24) is 15.5 Å². The highest BCUT2D eigenvalue weighted by Crippen LogP contribution is 2.32. The third-order valence-corrected chi connectivity index (χ3v) is 5.19. The van der Waals surface area contributed by atoms with Gasteiger partial charge in [0.15, 0.2) is 11.5 Å². The average molecular weight is 408 g/mol. The number of halogens is 2. The average Bonchev–Trinajstić information content (AvgIpc) is 2.72. The largest absolute Gasteiger partial charge is 0.493 e. The van der Waals surface area contributed by atoms with Gasteiger partial charge in [0.2, 0.25) is 0 Å². The zero-order valence-corrected chi connectivity index (χ0v) is 16.9. The summed E-state index contributed by atoms with van der Waals surface area (Å²) in [7, 11) is 1.60. The number of nitrogens with one attached hydrogen (secondary N) is 2. The summed E-state index contributed by atoms with van der Waals surface area (Å²) in [4.78, 5) is 2.44. The SMILES string of the molecule is COc1cccc(CNCCN2CCNCC2)c1OCc1c(F)cccc1Cl. The lowest BCUT2D eigenvalue weighted by molar-refractivity contribution is 0.240. The Labute approximate surface area is 170 Å². The molecule has 0 amide bonds. The molecule has 0 spiro atoms. The molecule has 152 valence electrons. The van der Waals surface area contributed by atoms with Crippen LogP contribution in [-0.4, -0.2) is 51.3 Å². The molecule has 1 aliphatic rings. The second-order valence-corrected chi connectivity index (χ2v) is 7.11. The van der Waals surface area contributed by atoms with Crippen LogP contribution in [0.15, 0.2) is 36.4 Å². The predicted molar refractivity (Wildman–Crippen MR) is 110 cm³/mol. The van der Waals surface area contributed by atoms with Gasteiger partial charge in [-0.3, -0.25) is 4.90 Å². The van der Waals surface area contributed by atoms with Crippen molar-refractivity contribution in [2.45, 2.75) is 13.2 Å². The molecule has 0 atom stereocenters. The normalized spacial score (nSPS) is 14.8. The Bertz CT molecular complexity index is 749. The van der Waals surface area contributed by atoms with Crippen LogP contribution in [0.5, 0.6) is 11.5 Å². The molecule has 1 fully saturated rings. The van der Waals surface area contributed by atoms with Gasteiger partial charge in [0.1, 0.15) is 12.4 Å². The van der Waals surface area contributed by atoms with Crippen molar-refractivity contribution in [1.29, 1.82) is 0 Å². The van der Waals surface area contributed by atoms with E-state index in [-0.39, 0.29) is 12.4 Å². The van der Waals surface area contributed by atoms with Gasteiger partial charge < -0.3 is 20.1 Å². The highest BCUT2D eigenvalue weighted by atomic mass is 35.5. The molecule has 28 heavy (non-hydrogen) atoms. The standard InChI is InChI=1S/C21H27ClFN3O2/c1-27-20-7-2-4-16(14-25-10-13-26-11-8-24-9-12-26)21(20)28-15-17-18(22)5-3-6-19(17)23/h2-7,24-25H,8-15H2,1H3. The Balaban J connectivity index is 1.61. The van der Waals surface area contributed by atoms with Crippen LogP contribution < -0.4 is 20.1 Å². The number of hydrogen-bond donors (Lipinski definition) is 2. The minimum Gasteiger partial charge on any atom is -0.493 e. The highest BCUT2D eigenvalue weighted by Gasteiger charge is 2.14. The Hall–Kier alpha value is -1.86. The molecule has 7 heteroatoms. The van der Waals surface area contributed by atoms with E-state index in [0.717, 1.165) is 44.8 Å². The molecule has 0 radical (unpaired) electrons. The maximum Gasteiger partial charge on any atom is 0.166 e. The van der Waals surface area contributed by atoms with Gasteiger partial charge in [-0.25, -0.2) is 4.39 Å². The maximum absolute atomic E-state index is 14.0. The number of hydrogen-bond acceptors (Lipinski definition) is 5. The molecule has 5 nitrogen and oxygen atoms in total. The number of rotatable bonds is 9. The smallest absolute Gasteiger partial charge is 0.166 e. The molecule has 2 N–H and O–H groups in total. The molecular formula is C21H27ClFN3O2. The van der Waals surface area contributed by atoms with Crippen LogP contribution in [0, 0.1) is 5.82 Å². The summed E-state index contributed by atoms with van der Waals surface area (Å²) in [5.74, 6) is 0.853. The number of methoxy groups -OCH3 is 1. The summed E-state index contributed by atoms with van der Waals surface area (Å²) >= 11 is 6.11. The second-order valence-electron chi connectivity index (χ2n) is 6.71. The van der Waals surface area contributed by atoms with Gasteiger partial charge >= 0.3 is 0 Å². The van der Waals surface area contributed by atoms with Crippen molar-refractivity contribution < 1.29 is 13.9 Å². The minimum atomic E-state index is -0.377. The molecule has 1 heterocycles. The number of para-hydroxylation sites is 1. The molecule has 1 aliphatic heterocycles. The Morgan fingerprint density at radius 3 is 2.71 bits per heavy atom. The third-order valence-electron chi connectivity index (χ3n) is 4.83. The summed E-state index contributed by atoms with van der Waals surface area (Å²) in [6.45, 7) is 6.84. The van der Waals surface area contributed by atoms with Gasteiger partial charge in [-0.1, -0.05) is 29.8 Å². The molecule has 1 saturated heterocycles. The van der Waals surface area contributed by atoms with E-state index in [0.29, 0.717) is 28.6 Å². The number of nitrogens with zero attached hydrogens (tertiary/aromatic N) is 1. The lowest BCUT2D eigenvalue weighted by Crippen LogP contribution is -2.45. The maximum atomic E-state index is 14.0. The van der Waals surface area contributed by atoms with Crippen molar-refractivity contribution in [2.24, 2.45) is 0 Å². The monoisotopic (exact) mass is 407 g/mol. The molecule has 2 aromatic rings. The summed E-state index contributed by atoms with van der Waals surface area (Å²) < 4.78 is 25.4. The van der Waals surface area contributed by atoms with Gasteiger partial charge in [-0.2, -0.15) is 0 Å². The van der Waals surface area contributed by atoms with Crippen LogP contribution in [0.2, 0.25) is 5.02 Å². The van der Waals surface area contributed by atoms with Gasteiger partial charge in [0.05, 0.1) is 12.1 Å². The minimum absolute atomic E-state index is 0.0413. The van der Waals surface area contributed by atoms with E-state index in [4.69, 9.17) is 21.1 Å². The van der Waals surface area contributed by atoms with Crippen molar-refractivity contribution >= 4 is 11.6 Å². The predicted octanol–water partition coefficient (Wildman–Crippen LogP) is 3.06. The van der Waals surface area contributed by atoms with Gasteiger partial charge in [0.25, 0.3) is 0 Å². The van der Waals surface area contributed by atoms with Crippen molar-refractivity contribution in [3.8, 4) is 11.5 Å². The summed E-state index contributed by atoms with van der Waals surface area (Å²) in [6.07, 6.45) is 0. The number of ether oxygens (including phenoxy) is 2. The third kappa shape index (κ3) is 5.58. The van der Waals surface area contributed by atoms with Gasteiger partial charge in [0, 0.05) is 56.9 Å². The van der Waals surface area contributed by atoms with Crippen LogP contribution in [0.4, 0.5) is 4.39 Å². The lowest BCUT2D eigenvalue weighted by atomic mass is 10.1. The van der Waals surface area contributed by atoms with E-state index in [1.807, 2.05) is 18.2 Å². The summed E-state index contributed by atoms with van der Waals surface area (Å²) in [6, 6.07) is 10.4. The molecule has 0 aliphatic carbocycles. The fourth-order valence-electron chi connectivity index (χ4n) is 3.23. The first kappa shape index (κ1) is 20.9. The summed E-state index contributed by atoms with van der Waals surface area (Å²) in [5, 5.41) is 7.17.